The Kier molecular flexibility index (Phi) is 6.32. The molecule has 32 heavy (non-hydrogen) atoms. The van der Waals surface area contributed by atoms with Crippen LogP contribution >= 0.6 is 11.8 Å². The van der Waals surface area contributed by atoms with Gasteiger partial charge in [-0.05, 0) is 35.6 Å². The molecule has 1 aliphatic rings. The molecule has 6 nitrogen and oxygen atoms in total. The Morgan fingerprint density at radius 3 is 2.59 bits per heavy atom. The smallest absolute Gasteiger partial charge is 0.338 e. The maximum atomic E-state index is 14.0. The zero-order chi connectivity index (χ0) is 22.8. The van der Waals surface area contributed by atoms with Gasteiger partial charge in [-0.3, -0.25) is 0 Å². The molecule has 0 spiro atoms. The highest BCUT2D eigenvalue weighted by atomic mass is 32.2. The van der Waals surface area contributed by atoms with Crippen molar-refractivity contribution in [2.75, 3.05) is 12.4 Å². The van der Waals surface area contributed by atoms with Crippen LogP contribution in [0.2, 0.25) is 0 Å². The number of benzene rings is 2. The van der Waals surface area contributed by atoms with Crippen molar-refractivity contribution in [2.45, 2.75) is 43.6 Å². The standard InChI is InChI=1S/C24H25FN4O2S/c1-14(2)16-9-11-17(12-10-16)21-20(22(30)31-4)15(3)26-23-27-24(28-29(21)23)32-13-18-7-5-6-8-19(18)25/h5-12,14,21H,13H2,1-4H3,(H,26,27,28). The number of anilines is 1. The van der Waals surface area contributed by atoms with Gasteiger partial charge in [0.25, 0.3) is 0 Å². The molecule has 1 N–H and O–H groups in total. The second-order valence-corrected chi connectivity index (χ2v) is 8.86. The Labute approximate surface area is 190 Å². The van der Waals surface area contributed by atoms with Crippen LogP contribution in [0.4, 0.5) is 10.3 Å². The number of fused-ring (bicyclic) bond motifs is 1. The number of esters is 1. The van der Waals surface area contributed by atoms with Gasteiger partial charge < -0.3 is 10.1 Å². The van der Waals surface area contributed by atoms with Crippen molar-refractivity contribution < 1.29 is 13.9 Å². The predicted molar refractivity (Wildman–Crippen MR) is 123 cm³/mol. The van der Waals surface area contributed by atoms with Crippen LogP contribution in [0, 0.1) is 5.82 Å². The SMILES string of the molecule is COC(=O)C1=C(C)Nc2nc(SCc3ccccc3F)nn2C1c1ccc(C(C)C)cc1. The van der Waals surface area contributed by atoms with Crippen LogP contribution in [0.3, 0.4) is 0 Å². The number of aromatic nitrogens is 3. The second-order valence-electron chi connectivity index (χ2n) is 7.92. The van der Waals surface area contributed by atoms with E-state index < -0.39 is 12.0 Å². The molecule has 8 heteroatoms. The van der Waals surface area contributed by atoms with Gasteiger partial charge in [-0.1, -0.05) is 68.1 Å². The average Bonchev–Trinajstić information content (AvgIpc) is 3.19. The van der Waals surface area contributed by atoms with E-state index in [-0.39, 0.29) is 5.82 Å². The van der Waals surface area contributed by atoms with Crippen molar-refractivity contribution in [1.82, 2.24) is 14.8 Å². The van der Waals surface area contributed by atoms with Gasteiger partial charge in [0.15, 0.2) is 0 Å². The quantitative estimate of drug-likeness (QED) is 0.405. The van der Waals surface area contributed by atoms with Gasteiger partial charge >= 0.3 is 5.97 Å². The number of hydrogen-bond donors (Lipinski definition) is 1. The molecule has 1 atom stereocenters. The summed E-state index contributed by atoms with van der Waals surface area (Å²) in [6.45, 7) is 6.10. The molecule has 2 heterocycles. The number of ether oxygens (including phenoxy) is 1. The maximum Gasteiger partial charge on any atom is 0.338 e. The molecular weight excluding hydrogens is 427 g/mol. The summed E-state index contributed by atoms with van der Waals surface area (Å²) in [5.74, 6) is 0.660. The van der Waals surface area contributed by atoms with E-state index >= 15 is 0 Å². The molecule has 1 aliphatic heterocycles. The molecule has 2 aromatic carbocycles. The Balaban J connectivity index is 1.70. The number of halogens is 1. The fraction of sp³-hybridized carbons (Fsp3) is 0.292. The number of carbonyl (C=O) groups is 1. The highest BCUT2D eigenvalue weighted by Gasteiger charge is 2.35. The molecule has 0 amide bonds. The molecule has 0 aliphatic carbocycles. The average molecular weight is 453 g/mol. The fourth-order valence-electron chi connectivity index (χ4n) is 3.70. The van der Waals surface area contributed by atoms with Crippen LogP contribution in [0.5, 0.6) is 0 Å². The van der Waals surface area contributed by atoms with Crippen molar-refractivity contribution in [2.24, 2.45) is 0 Å². The van der Waals surface area contributed by atoms with E-state index in [0.29, 0.717) is 39.6 Å². The Hall–Kier alpha value is -3.13. The summed E-state index contributed by atoms with van der Waals surface area (Å²) in [6.07, 6.45) is 0. The Bertz CT molecular complexity index is 1170. The van der Waals surface area contributed by atoms with Gasteiger partial charge in [-0.2, -0.15) is 4.98 Å². The van der Waals surface area contributed by atoms with Crippen LogP contribution in [-0.2, 0) is 15.3 Å². The van der Waals surface area contributed by atoms with Crippen molar-refractivity contribution in [1.29, 1.82) is 0 Å². The molecule has 0 saturated carbocycles. The van der Waals surface area contributed by atoms with E-state index in [9.17, 15) is 9.18 Å². The van der Waals surface area contributed by atoms with Crippen molar-refractivity contribution in [3.05, 3.63) is 82.3 Å². The van der Waals surface area contributed by atoms with Gasteiger partial charge in [0.2, 0.25) is 11.1 Å². The highest BCUT2D eigenvalue weighted by molar-refractivity contribution is 7.98. The third-order valence-electron chi connectivity index (χ3n) is 5.47. The molecule has 1 aromatic heterocycles. The van der Waals surface area contributed by atoms with Gasteiger partial charge in [0.05, 0.1) is 12.7 Å². The van der Waals surface area contributed by atoms with E-state index in [2.05, 4.69) is 41.4 Å². The fourth-order valence-corrected chi connectivity index (χ4v) is 4.51. The molecule has 0 fully saturated rings. The lowest BCUT2D eigenvalue weighted by atomic mass is 9.93. The number of thioether (sulfide) groups is 1. The van der Waals surface area contributed by atoms with Crippen molar-refractivity contribution in [3.63, 3.8) is 0 Å². The van der Waals surface area contributed by atoms with Gasteiger partial charge in [0, 0.05) is 11.4 Å². The minimum atomic E-state index is -0.477. The van der Waals surface area contributed by atoms with Crippen molar-refractivity contribution in [3.8, 4) is 0 Å². The summed E-state index contributed by atoms with van der Waals surface area (Å²) < 4.78 is 20.8. The summed E-state index contributed by atoms with van der Waals surface area (Å²) in [4.78, 5) is 17.3. The first kappa shape index (κ1) is 22.1. The Morgan fingerprint density at radius 1 is 1.22 bits per heavy atom. The van der Waals surface area contributed by atoms with Gasteiger partial charge in [-0.15, -0.1) is 5.10 Å². The van der Waals surface area contributed by atoms with E-state index in [1.54, 1.807) is 22.9 Å². The topological polar surface area (TPSA) is 69.0 Å². The zero-order valence-electron chi connectivity index (χ0n) is 18.4. The summed E-state index contributed by atoms with van der Waals surface area (Å²) in [5, 5.41) is 8.32. The number of methoxy groups -OCH3 is 1. The number of allylic oxidation sites excluding steroid dienone is 1. The zero-order valence-corrected chi connectivity index (χ0v) is 19.2. The van der Waals surface area contributed by atoms with Crippen molar-refractivity contribution >= 4 is 23.7 Å². The molecule has 3 aromatic rings. The third kappa shape index (κ3) is 4.27. The minimum absolute atomic E-state index is 0.254. The van der Waals surface area contributed by atoms with Crippen LogP contribution in [0.25, 0.3) is 0 Å². The minimum Gasteiger partial charge on any atom is -0.466 e. The normalized spacial score (nSPS) is 15.5. The van der Waals surface area contributed by atoms with Gasteiger partial charge in [0.1, 0.15) is 11.9 Å². The summed E-state index contributed by atoms with van der Waals surface area (Å²) in [7, 11) is 1.37. The van der Waals surface area contributed by atoms with E-state index in [1.165, 1.54) is 30.5 Å². The Morgan fingerprint density at radius 2 is 1.94 bits per heavy atom. The van der Waals surface area contributed by atoms with Crippen LogP contribution in [0.1, 0.15) is 49.4 Å². The van der Waals surface area contributed by atoms with E-state index in [4.69, 9.17) is 4.74 Å². The molecule has 0 radical (unpaired) electrons. The first-order chi connectivity index (χ1) is 15.4. The molecule has 0 bridgehead atoms. The second kappa shape index (κ2) is 9.16. The monoisotopic (exact) mass is 452 g/mol. The number of hydrogen-bond acceptors (Lipinski definition) is 6. The van der Waals surface area contributed by atoms with Crippen LogP contribution in [-0.4, -0.2) is 27.8 Å². The maximum absolute atomic E-state index is 14.0. The molecule has 1 unspecified atom stereocenters. The lowest BCUT2D eigenvalue weighted by molar-refractivity contribution is -0.136. The molecule has 166 valence electrons. The lowest BCUT2D eigenvalue weighted by Gasteiger charge is -2.28. The highest BCUT2D eigenvalue weighted by Crippen LogP contribution is 2.37. The van der Waals surface area contributed by atoms with E-state index in [0.717, 1.165) is 5.56 Å². The van der Waals surface area contributed by atoms with Gasteiger partial charge in [-0.25, -0.2) is 13.9 Å². The third-order valence-corrected chi connectivity index (χ3v) is 6.36. The molecule has 0 saturated heterocycles. The van der Waals surface area contributed by atoms with Crippen LogP contribution in [0.15, 0.2) is 65.0 Å². The largest absolute Gasteiger partial charge is 0.466 e. The number of carbonyl (C=O) groups excluding carboxylic acids is 1. The van der Waals surface area contributed by atoms with Crippen LogP contribution < -0.4 is 5.32 Å². The number of nitrogens with one attached hydrogen (secondary N) is 1. The molecular formula is C24H25FN4O2S. The number of nitrogens with zero attached hydrogens (tertiary/aromatic N) is 3. The summed E-state index contributed by atoms with van der Waals surface area (Å²) in [6, 6.07) is 14.3. The predicted octanol–water partition coefficient (Wildman–Crippen LogP) is 5.29. The first-order valence-corrected chi connectivity index (χ1v) is 11.4. The summed E-state index contributed by atoms with van der Waals surface area (Å²) >= 11 is 1.34. The first-order valence-electron chi connectivity index (χ1n) is 10.4. The summed E-state index contributed by atoms with van der Waals surface area (Å²) in [5.41, 5.74) is 3.85. The molecule has 4 rings (SSSR count). The lowest BCUT2D eigenvalue weighted by Crippen LogP contribution is -2.29. The number of rotatable bonds is 6. The van der Waals surface area contributed by atoms with E-state index in [1.807, 2.05) is 19.1 Å².